The van der Waals surface area contributed by atoms with E-state index in [9.17, 15) is 9.59 Å². The van der Waals surface area contributed by atoms with E-state index in [4.69, 9.17) is 10.1 Å². The standard InChI is InChI=1S/C27H32N6O3/c1-7-29-26-25(19(3)28)32(22-14-13-18(2)23(17-22)36-6)27(35)33(26)21-11-8-10-20(16-21)30-24(34)12-9-15-31(4)5/h7-14,16-17,28H,15H2,1-6H3,(H,30,34). The Hall–Kier alpha value is -4.24. The summed E-state index contributed by atoms with van der Waals surface area (Å²) in [6, 6.07) is 12.4. The molecule has 0 radical (unpaired) electrons. The number of aromatic nitrogens is 2. The summed E-state index contributed by atoms with van der Waals surface area (Å²) in [5.74, 6) is 0.686. The molecule has 2 aromatic carbocycles. The SMILES string of the molecule is CC=Nc1c(C(C)=N)n(-c2ccc(C)c(OC)c2)c(=O)n1-c1cccc(NC(=O)C=CCN(C)C)c1. The fourth-order valence-electron chi connectivity index (χ4n) is 3.77. The number of nitrogens with one attached hydrogen (secondary N) is 2. The number of likely N-dealkylation sites (N-methyl/N-ethyl adjacent to an activating group) is 1. The maximum absolute atomic E-state index is 13.8. The van der Waals surface area contributed by atoms with Crippen molar-refractivity contribution in [2.75, 3.05) is 33.1 Å². The zero-order valence-corrected chi connectivity index (χ0v) is 21.5. The molecule has 3 aromatic rings. The third kappa shape index (κ3) is 5.69. The number of hydrogen-bond donors (Lipinski definition) is 2. The van der Waals surface area contributed by atoms with Gasteiger partial charge in [-0.2, -0.15) is 0 Å². The summed E-state index contributed by atoms with van der Waals surface area (Å²) >= 11 is 0. The van der Waals surface area contributed by atoms with Gasteiger partial charge in [-0.15, -0.1) is 0 Å². The van der Waals surface area contributed by atoms with Gasteiger partial charge in [0.15, 0.2) is 5.82 Å². The number of benzene rings is 2. The number of amides is 1. The van der Waals surface area contributed by atoms with Crippen molar-refractivity contribution in [1.82, 2.24) is 14.0 Å². The second kappa shape index (κ2) is 11.5. The number of nitrogens with zero attached hydrogens (tertiary/aromatic N) is 4. The van der Waals surface area contributed by atoms with Crippen LogP contribution < -0.4 is 15.7 Å². The molecule has 0 unspecified atom stereocenters. The highest BCUT2D eigenvalue weighted by Gasteiger charge is 2.24. The topological polar surface area (TPSA) is 105 Å². The Bertz CT molecular complexity index is 1390. The van der Waals surface area contributed by atoms with Crippen molar-refractivity contribution >= 4 is 29.3 Å². The molecule has 1 heterocycles. The number of rotatable bonds is 9. The average Bonchev–Trinajstić information content (AvgIpc) is 3.11. The van der Waals surface area contributed by atoms with Gasteiger partial charge < -0.3 is 20.4 Å². The van der Waals surface area contributed by atoms with E-state index in [1.165, 1.54) is 15.2 Å². The number of aliphatic imine (C=N–C) groups is 1. The van der Waals surface area contributed by atoms with E-state index in [0.717, 1.165) is 5.56 Å². The molecule has 0 spiro atoms. The molecule has 188 valence electrons. The summed E-state index contributed by atoms with van der Waals surface area (Å²) in [5.41, 5.74) is 2.69. The maximum Gasteiger partial charge on any atom is 0.339 e. The summed E-state index contributed by atoms with van der Waals surface area (Å²) in [6.45, 7) is 5.93. The van der Waals surface area contributed by atoms with Crippen LogP contribution in [-0.4, -0.2) is 59.6 Å². The third-order valence-electron chi connectivity index (χ3n) is 5.40. The van der Waals surface area contributed by atoms with Gasteiger partial charge in [0.05, 0.1) is 24.2 Å². The van der Waals surface area contributed by atoms with Gasteiger partial charge in [0.25, 0.3) is 0 Å². The van der Waals surface area contributed by atoms with E-state index in [1.807, 2.05) is 38.1 Å². The van der Waals surface area contributed by atoms with Crippen molar-refractivity contribution < 1.29 is 9.53 Å². The molecule has 9 heteroatoms. The fourth-order valence-corrected chi connectivity index (χ4v) is 3.77. The average molecular weight is 489 g/mol. The van der Waals surface area contributed by atoms with Crippen molar-refractivity contribution in [3.05, 3.63) is 76.4 Å². The number of methoxy groups -OCH3 is 1. The van der Waals surface area contributed by atoms with Gasteiger partial charge in [-0.05, 0) is 64.7 Å². The first-order valence-corrected chi connectivity index (χ1v) is 11.5. The predicted molar refractivity (Wildman–Crippen MR) is 145 cm³/mol. The molecule has 1 amide bonds. The van der Waals surface area contributed by atoms with Crippen LogP contribution in [0.2, 0.25) is 0 Å². The summed E-state index contributed by atoms with van der Waals surface area (Å²) in [6.07, 6.45) is 4.83. The molecule has 3 rings (SSSR count). The Morgan fingerprint density at radius 3 is 2.53 bits per heavy atom. The quantitative estimate of drug-likeness (QED) is 0.349. The molecule has 9 nitrogen and oxygen atoms in total. The van der Waals surface area contributed by atoms with Gasteiger partial charge in [0.1, 0.15) is 11.4 Å². The zero-order chi connectivity index (χ0) is 26.4. The lowest BCUT2D eigenvalue weighted by molar-refractivity contribution is -0.111. The van der Waals surface area contributed by atoms with E-state index in [2.05, 4.69) is 10.3 Å². The van der Waals surface area contributed by atoms with Crippen LogP contribution in [0.4, 0.5) is 11.5 Å². The molecule has 2 N–H and O–H groups in total. The van der Waals surface area contributed by atoms with Crippen molar-refractivity contribution in [1.29, 1.82) is 5.41 Å². The number of hydrogen-bond acceptors (Lipinski definition) is 6. The smallest absolute Gasteiger partial charge is 0.339 e. The van der Waals surface area contributed by atoms with Crippen LogP contribution in [0.3, 0.4) is 0 Å². The lowest BCUT2D eigenvalue weighted by Gasteiger charge is -2.10. The van der Waals surface area contributed by atoms with Gasteiger partial charge in [-0.25, -0.2) is 14.4 Å². The lowest BCUT2D eigenvalue weighted by atomic mass is 10.2. The van der Waals surface area contributed by atoms with Gasteiger partial charge in [0.2, 0.25) is 5.91 Å². The fraction of sp³-hybridized carbons (Fsp3) is 0.259. The van der Waals surface area contributed by atoms with E-state index in [0.29, 0.717) is 40.9 Å². The van der Waals surface area contributed by atoms with E-state index in [1.54, 1.807) is 63.6 Å². The normalized spacial score (nSPS) is 11.5. The monoisotopic (exact) mass is 488 g/mol. The Balaban J connectivity index is 2.16. The Labute approximate surface area is 210 Å². The molecular formula is C27H32N6O3. The summed E-state index contributed by atoms with van der Waals surface area (Å²) in [5, 5.41) is 11.3. The largest absolute Gasteiger partial charge is 0.496 e. The van der Waals surface area contributed by atoms with E-state index < -0.39 is 5.69 Å². The maximum atomic E-state index is 13.8. The minimum atomic E-state index is -0.391. The van der Waals surface area contributed by atoms with Crippen LogP contribution in [0, 0.1) is 12.3 Å². The third-order valence-corrected chi connectivity index (χ3v) is 5.40. The number of ether oxygens (including phenoxy) is 1. The molecule has 0 aliphatic heterocycles. The van der Waals surface area contributed by atoms with Crippen molar-refractivity contribution in [3.8, 4) is 17.1 Å². The minimum Gasteiger partial charge on any atom is -0.496 e. The summed E-state index contributed by atoms with van der Waals surface area (Å²) in [4.78, 5) is 32.6. The molecule has 0 aliphatic rings. The molecule has 0 aliphatic carbocycles. The summed E-state index contributed by atoms with van der Waals surface area (Å²) < 4.78 is 8.36. The molecule has 1 aromatic heterocycles. The van der Waals surface area contributed by atoms with Crippen LogP contribution in [-0.2, 0) is 4.79 Å². The zero-order valence-electron chi connectivity index (χ0n) is 21.5. The first-order valence-electron chi connectivity index (χ1n) is 11.5. The molecule has 36 heavy (non-hydrogen) atoms. The molecule has 0 fully saturated rings. The highest BCUT2D eigenvalue weighted by Crippen LogP contribution is 2.29. The Morgan fingerprint density at radius 2 is 1.89 bits per heavy atom. The second-order valence-corrected chi connectivity index (χ2v) is 8.50. The Kier molecular flexibility index (Phi) is 8.39. The first-order chi connectivity index (χ1) is 17.2. The second-order valence-electron chi connectivity index (χ2n) is 8.50. The van der Waals surface area contributed by atoms with E-state index >= 15 is 0 Å². The molecule has 0 bridgehead atoms. The van der Waals surface area contributed by atoms with Gasteiger partial charge in [0, 0.05) is 30.6 Å². The van der Waals surface area contributed by atoms with Crippen LogP contribution in [0.1, 0.15) is 25.1 Å². The van der Waals surface area contributed by atoms with Crippen LogP contribution in [0.15, 0.2) is 64.4 Å². The van der Waals surface area contributed by atoms with Crippen LogP contribution in [0.5, 0.6) is 5.75 Å². The highest BCUT2D eigenvalue weighted by molar-refractivity contribution is 6.00. The van der Waals surface area contributed by atoms with Crippen molar-refractivity contribution in [2.45, 2.75) is 20.8 Å². The first kappa shape index (κ1) is 26.4. The van der Waals surface area contributed by atoms with Crippen molar-refractivity contribution in [2.24, 2.45) is 4.99 Å². The van der Waals surface area contributed by atoms with E-state index in [-0.39, 0.29) is 11.6 Å². The molecule has 0 saturated carbocycles. The van der Waals surface area contributed by atoms with Crippen LogP contribution >= 0.6 is 0 Å². The molecule has 0 atom stereocenters. The lowest BCUT2D eigenvalue weighted by Crippen LogP contribution is -2.23. The Morgan fingerprint density at radius 1 is 1.17 bits per heavy atom. The number of aryl methyl sites for hydroxylation is 1. The van der Waals surface area contributed by atoms with Gasteiger partial charge in [-0.3, -0.25) is 9.36 Å². The number of carbonyl (C=O) groups is 1. The number of imidazole rings is 1. The van der Waals surface area contributed by atoms with Crippen LogP contribution in [0.25, 0.3) is 11.4 Å². The number of anilines is 1. The molecular weight excluding hydrogens is 456 g/mol. The van der Waals surface area contributed by atoms with Crippen molar-refractivity contribution in [3.63, 3.8) is 0 Å². The predicted octanol–water partition coefficient (Wildman–Crippen LogP) is 4.11. The molecule has 0 saturated heterocycles. The number of carbonyl (C=O) groups excluding carboxylic acids is 1. The summed E-state index contributed by atoms with van der Waals surface area (Å²) in [7, 11) is 5.41. The van der Waals surface area contributed by atoms with Gasteiger partial charge in [-0.1, -0.05) is 18.2 Å². The highest BCUT2D eigenvalue weighted by atomic mass is 16.5. The minimum absolute atomic E-state index is 0.182. The van der Waals surface area contributed by atoms with Gasteiger partial charge >= 0.3 is 5.69 Å².